The smallest absolute Gasteiger partial charge is 0.175 e. The standard InChI is InChI=1S/C11H16O2S2/c1-8(2)14-11-5-4-10(15-11)9(12)6-7-13-3/h4-5,8H,6-7H2,1-3H3. The number of rotatable bonds is 6. The lowest BCUT2D eigenvalue weighted by Gasteiger charge is -1.99. The summed E-state index contributed by atoms with van der Waals surface area (Å²) >= 11 is 3.37. The van der Waals surface area contributed by atoms with Crippen LogP contribution < -0.4 is 0 Å². The molecule has 0 radical (unpaired) electrons. The van der Waals surface area contributed by atoms with Gasteiger partial charge in [0.05, 0.1) is 15.7 Å². The quantitative estimate of drug-likeness (QED) is 0.566. The number of ketones is 1. The van der Waals surface area contributed by atoms with Crippen LogP contribution in [0.25, 0.3) is 0 Å². The van der Waals surface area contributed by atoms with Gasteiger partial charge in [0.2, 0.25) is 0 Å². The van der Waals surface area contributed by atoms with Crippen molar-refractivity contribution < 1.29 is 9.53 Å². The predicted molar refractivity (Wildman–Crippen MR) is 66.1 cm³/mol. The van der Waals surface area contributed by atoms with Crippen molar-refractivity contribution in [3.8, 4) is 0 Å². The molecule has 0 aromatic carbocycles. The van der Waals surface area contributed by atoms with Crippen molar-refractivity contribution in [3.63, 3.8) is 0 Å². The van der Waals surface area contributed by atoms with E-state index in [-0.39, 0.29) is 5.78 Å². The summed E-state index contributed by atoms with van der Waals surface area (Å²) in [5, 5.41) is 0.561. The molecule has 0 amide bonds. The Kier molecular flexibility index (Phi) is 5.36. The second kappa shape index (κ2) is 6.30. The van der Waals surface area contributed by atoms with Gasteiger partial charge >= 0.3 is 0 Å². The molecule has 0 atom stereocenters. The number of hydrogen-bond acceptors (Lipinski definition) is 4. The van der Waals surface area contributed by atoms with Crippen LogP contribution in [0.4, 0.5) is 0 Å². The van der Waals surface area contributed by atoms with Gasteiger partial charge in [-0.25, -0.2) is 0 Å². The van der Waals surface area contributed by atoms with Crippen LogP contribution in [-0.2, 0) is 4.74 Å². The highest BCUT2D eigenvalue weighted by atomic mass is 32.2. The summed E-state index contributed by atoms with van der Waals surface area (Å²) in [6.07, 6.45) is 0.475. The maximum atomic E-state index is 11.6. The molecule has 0 N–H and O–H groups in total. The van der Waals surface area contributed by atoms with Gasteiger partial charge in [0, 0.05) is 18.8 Å². The second-order valence-electron chi connectivity index (χ2n) is 3.45. The number of thiophene rings is 1. The molecule has 1 aromatic heterocycles. The molecule has 0 aliphatic heterocycles. The first-order valence-electron chi connectivity index (χ1n) is 4.92. The number of hydrogen-bond donors (Lipinski definition) is 0. The number of carbonyl (C=O) groups is 1. The minimum Gasteiger partial charge on any atom is -0.384 e. The number of ether oxygens (including phenoxy) is 1. The summed E-state index contributed by atoms with van der Waals surface area (Å²) in [5.41, 5.74) is 0. The van der Waals surface area contributed by atoms with Crippen LogP contribution in [-0.4, -0.2) is 24.7 Å². The largest absolute Gasteiger partial charge is 0.384 e. The molecule has 0 bridgehead atoms. The van der Waals surface area contributed by atoms with Gasteiger partial charge < -0.3 is 4.74 Å². The lowest BCUT2D eigenvalue weighted by Crippen LogP contribution is -2.00. The zero-order valence-electron chi connectivity index (χ0n) is 9.28. The summed E-state index contributed by atoms with van der Waals surface area (Å²) in [7, 11) is 1.61. The van der Waals surface area contributed by atoms with Crippen LogP contribution in [0.15, 0.2) is 16.3 Å². The fraction of sp³-hybridized carbons (Fsp3) is 0.545. The predicted octanol–water partition coefficient (Wildman–Crippen LogP) is 3.47. The maximum absolute atomic E-state index is 11.6. The first-order valence-corrected chi connectivity index (χ1v) is 6.61. The molecule has 0 unspecified atom stereocenters. The Labute approximate surface area is 99.0 Å². The summed E-state index contributed by atoms with van der Waals surface area (Å²) < 4.78 is 6.10. The Morgan fingerprint density at radius 2 is 2.27 bits per heavy atom. The van der Waals surface area contributed by atoms with E-state index in [1.54, 1.807) is 30.2 Å². The summed E-state index contributed by atoms with van der Waals surface area (Å²) in [6, 6.07) is 3.93. The van der Waals surface area contributed by atoms with E-state index in [9.17, 15) is 4.79 Å². The number of methoxy groups -OCH3 is 1. The molecular weight excluding hydrogens is 228 g/mol. The minimum absolute atomic E-state index is 0.178. The average Bonchev–Trinajstić information content (AvgIpc) is 2.61. The van der Waals surface area contributed by atoms with E-state index in [0.717, 1.165) is 4.88 Å². The van der Waals surface area contributed by atoms with Crippen molar-refractivity contribution in [1.82, 2.24) is 0 Å². The summed E-state index contributed by atoms with van der Waals surface area (Å²) in [6.45, 7) is 4.80. The lowest BCUT2D eigenvalue weighted by atomic mass is 10.2. The molecule has 84 valence electrons. The van der Waals surface area contributed by atoms with E-state index in [1.807, 2.05) is 12.1 Å². The highest BCUT2D eigenvalue weighted by Crippen LogP contribution is 2.30. The van der Waals surface area contributed by atoms with Crippen molar-refractivity contribution >= 4 is 28.9 Å². The molecule has 15 heavy (non-hydrogen) atoms. The minimum atomic E-state index is 0.178. The third kappa shape index (κ3) is 4.36. The molecule has 0 aliphatic carbocycles. The maximum Gasteiger partial charge on any atom is 0.175 e. The van der Waals surface area contributed by atoms with Crippen LogP contribution in [0, 0.1) is 0 Å². The topological polar surface area (TPSA) is 26.3 Å². The van der Waals surface area contributed by atoms with Crippen LogP contribution in [0.2, 0.25) is 0 Å². The number of thioether (sulfide) groups is 1. The summed E-state index contributed by atoms with van der Waals surface area (Å²) in [4.78, 5) is 12.5. The van der Waals surface area contributed by atoms with Crippen molar-refractivity contribution in [2.24, 2.45) is 0 Å². The van der Waals surface area contributed by atoms with Gasteiger partial charge in [-0.05, 0) is 12.1 Å². The third-order valence-electron chi connectivity index (χ3n) is 1.74. The molecule has 2 nitrogen and oxygen atoms in total. The van der Waals surface area contributed by atoms with E-state index >= 15 is 0 Å². The molecular formula is C11H16O2S2. The van der Waals surface area contributed by atoms with Gasteiger partial charge in [0.15, 0.2) is 5.78 Å². The van der Waals surface area contributed by atoms with Crippen LogP contribution in [0.1, 0.15) is 29.9 Å². The van der Waals surface area contributed by atoms with Gasteiger partial charge in [-0.15, -0.1) is 23.1 Å². The molecule has 1 aromatic rings. The molecule has 0 spiro atoms. The Balaban J connectivity index is 2.55. The number of carbonyl (C=O) groups excluding carboxylic acids is 1. The normalized spacial score (nSPS) is 10.9. The van der Waals surface area contributed by atoms with E-state index in [0.29, 0.717) is 18.3 Å². The third-order valence-corrected chi connectivity index (χ3v) is 4.04. The molecule has 1 heterocycles. The van der Waals surface area contributed by atoms with E-state index in [4.69, 9.17) is 4.74 Å². The number of Topliss-reactive ketones (excluding diaryl/α,β-unsaturated/α-hetero) is 1. The Hall–Kier alpha value is -0.320. The van der Waals surface area contributed by atoms with Crippen molar-refractivity contribution in [2.75, 3.05) is 13.7 Å². The van der Waals surface area contributed by atoms with E-state index in [2.05, 4.69) is 13.8 Å². The van der Waals surface area contributed by atoms with Crippen molar-refractivity contribution in [3.05, 3.63) is 17.0 Å². The van der Waals surface area contributed by atoms with Gasteiger partial charge in [0.25, 0.3) is 0 Å². The van der Waals surface area contributed by atoms with Gasteiger partial charge in [-0.3, -0.25) is 4.79 Å². The SMILES string of the molecule is COCCC(=O)c1ccc(SC(C)C)s1. The first-order chi connectivity index (χ1) is 7.13. The fourth-order valence-electron chi connectivity index (χ4n) is 1.08. The zero-order valence-corrected chi connectivity index (χ0v) is 10.9. The highest BCUT2D eigenvalue weighted by molar-refractivity contribution is 8.01. The van der Waals surface area contributed by atoms with Crippen molar-refractivity contribution in [2.45, 2.75) is 29.7 Å². The van der Waals surface area contributed by atoms with E-state index in [1.165, 1.54) is 4.21 Å². The van der Waals surface area contributed by atoms with Gasteiger partial charge in [0.1, 0.15) is 0 Å². The van der Waals surface area contributed by atoms with E-state index < -0.39 is 0 Å². The van der Waals surface area contributed by atoms with Crippen LogP contribution in [0.3, 0.4) is 0 Å². The highest BCUT2D eigenvalue weighted by Gasteiger charge is 2.09. The molecule has 0 saturated heterocycles. The monoisotopic (exact) mass is 244 g/mol. The Morgan fingerprint density at radius 1 is 1.53 bits per heavy atom. The fourth-order valence-corrected chi connectivity index (χ4v) is 3.44. The van der Waals surface area contributed by atoms with Crippen LogP contribution in [0.5, 0.6) is 0 Å². The lowest BCUT2D eigenvalue weighted by molar-refractivity contribution is 0.0936. The van der Waals surface area contributed by atoms with Gasteiger partial charge in [-0.2, -0.15) is 0 Å². The molecule has 0 saturated carbocycles. The Bertz CT molecular complexity index is 318. The second-order valence-corrected chi connectivity index (χ2v) is 6.41. The van der Waals surface area contributed by atoms with Crippen LogP contribution >= 0.6 is 23.1 Å². The zero-order chi connectivity index (χ0) is 11.3. The summed E-state index contributed by atoms with van der Waals surface area (Å²) in [5.74, 6) is 0.178. The molecule has 0 aliphatic rings. The first kappa shape index (κ1) is 12.7. The molecule has 4 heteroatoms. The van der Waals surface area contributed by atoms with Crippen molar-refractivity contribution in [1.29, 1.82) is 0 Å². The Morgan fingerprint density at radius 3 is 2.87 bits per heavy atom. The average molecular weight is 244 g/mol. The van der Waals surface area contributed by atoms with Gasteiger partial charge in [-0.1, -0.05) is 13.8 Å². The molecule has 1 rings (SSSR count). The molecule has 0 fully saturated rings.